The first-order valence-electron chi connectivity index (χ1n) is 12.3. The van der Waals surface area contributed by atoms with Gasteiger partial charge in [-0.25, -0.2) is 28.6 Å². The van der Waals surface area contributed by atoms with Crippen LogP contribution < -0.4 is 16.4 Å². The van der Waals surface area contributed by atoms with Crippen molar-refractivity contribution in [2.24, 2.45) is 5.73 Å². The third-order valence-electron chi connectivity index (χ3n) is 5.66. The normalized spacial score (nSPS) is 22.3. The van der Waals surface area contributed by atoms with Crippen LogP contribution in [-0.4, -0.2) is 156 Å². The fourth-order valence-corrected chi connectivity index (χ4v) is 6.84. The largest absolute Gasteiger partial charge is 0.490 e. The molecule has 21 nitrogen and oxygen atoms in total. The minimum absolute atomic E-state index is 0. The van der Waals surface area contributed by atoms with Crippen molar-refractivity contribution in [2.45, 2.75) is 50.2 Å². The second-order valence-corrected chi connectivity index (χ2v) is 13.3. The molecule has 45 heavy (non-hydrogen) atoms. The van der Waals surface area contributed by atoms with Crippen molar-refractivity contribution >= 4 is 103 Å². The molecule has 0 aliphatic carbocycles. The van der Waals surface area contributed by atoms with Gasteiger partial charge in [0.2, 0.25) is 5.91 Å². The summed E-state index contributed by atoms with van der Waals surface area (Å²) >= 11 is 0. The number of unbranched alkanes of at least 4 members (excludes halogenated alkanes) is 3. The molecule has 1 amide bonds. The van der Waals surface area contributed by atoms with Gasteiger partial charge in [0.25, 0.3) is 0 Å². The zero-order valence-corrected chi connectivity index (χ0v) is 27.5. The molecule has 2 aromatic rings. The van der Waals surface area contributed by atoms with Crippen LogP contribution in [0.5, 0.6) is 0 Å². The standard InChI is InChI=1S/C18H32N7O14P3.3Li/c19-5-3-1-2-4-6-20-12(26)7-21-16-13-17(23-9-22-16)25(10-24-13)18-15(28)14(27)11(37-18)8-36-41(32,33)39-42(34,35)38-40(29,30)31;;;/h9-11,14-15,18,27-28H,1-8,19H2,(H,20,26)(H,32,33)(H,34,35)(H,21,22,23)(H2,29,30,31);;;/t11-,14-,15-,18-;;;/m1.../s1. The number of hydrogen-bond acceptors (Lipinski definition) is 15. The minimum Gasteiger partial charge on any atom is -0.387 e. The van der Waals surface area contributed by atoms with Crippen molar-refractivity contribution < 1.29 is 66.2 Å². The van der Waals surface area contributed by atoms with Gasteiger partial charge in [-0.15, -0.1) is 0 Å². The van der Waals surface area contributed by atoms with Gasteiger partial charge in [-0.3, -0.25) is 13.9 Å². The quantitative estimate of drug-likeness (QED) is 0.0480. The Labute approximate surface area is 292 Å². The van der Waals surface area contributed by atoms with E-state index in [2.05, 4.69) is 38.7 Å². The van der Waals surface area contributed by atoms with Gasteiger partial charge >= 0.3 is 23.5 Å². The van der Waals surface area contributed by atoms with Gasteiger partial charge in [-0.05, 0) is 19.4 Å². The van der Waals surface area contributed by atoms with Gasteiger partial charge in [-0.2, -0.15) is 8.62 Å². The summed E-state index contributed by atoms with van der Waals surface area (Å²) in [5.74, 6) is -0.0920. The molecular weight excluding hydrogens is 652 g/mol. The molecular formula is C18H32Li3N7O14P3. The topological polar surface area (TPSA) is 320 Å². The zero-order valence-electron chi connectivity index (χ0n) is 24.8. The SMILES string of the molecule is NCCCCCCNC(=O)CNc1ncnc2c1ncn2[C@@H]1O[C@H](COP(=O)(O)OP(=O)(O)OP(=O)(O)O)[C@@H](O)[C@H]1O.[Li].[Li].[Li]. The second kappa shape index (κ2) is 19.8. The summed E-state index contributed by atoms with van der Waals surface area (Å²) in [6.45, 7) is 0.0175. The molecule has 241 valence electrons. The predicted molar refractivity (Wildman–Crippen MR) is 157 cm³/mol. The number of nitrogens with zero attached hydrogens (tertiary/aromatic N) is 4. The Morgan fingerprint density at radius 2 is 1.62 bits per heavy atom. The van der Waals surface area contributed by atoms with E-state index in [0.717, 1.165) is 32.0 Å². The number of amides is 1. The van der Waals surface area contributed by atoms with Crippen LogP contribution >= 0.6 is 23.5 Å². The monoisotopic (exact) mass is 684 g/mol. The van der Waals surface area contributed by atoms with Crippen LogP contribution in [0, 0.1) is 0 Å². The van der Waals surface area contributed by atoms with Crippen LogP contribution in [0.3, 0.4) is 0 Å². The third kappa shape index (κ3) is 14.1. The van der Waals surface area contributed by atoms with Crippen molar-refractivity contribution in [3.05, 3.63) is 12.7 Å². The van der Waals surface area contributed by atoms with Crippen LogP contribution in [0.25, 0.3) is 11.2 Å². The van der Waals surface area contributed by atoms with Gasteiger partial charge in [-0.1, -0.05) is 12.8 Å². The molecule has 1 fully saturated rings. The molecule has 0 aromatic carbocycles. The van der Waals surface area contributed by atoms with E-state index >= 15 is 0 Å². The molecule has 10 N–H and O–H groups in total. The van der Waals surface area contributed by atoms with Crippen molar-refractivity contribution in [2.75, 3.05) is 31.6 Å². The number of phosphoric acid groups is 3. The fourth-order valence-electron chi connectivity index (χ4n) is 3.81. The Balaban J connectivity index is 0.00000645. The van der Waals surface area contributed by atoms with Crippen molar-refractivity contribution in [1.29, 1.82) is 0 Å². The average molecular weight is 684 g/mol. The van der Waals surface area contributed by atoms with E-state index in [4.69, 9.17) is 20.3 Å². The first-order valence-corrected chi connectivity index (χ1v) is 16.8. The van der Waals surface area contributed by atoms with E-state index in [-0.39, 0.29) is 86.0 Å². The van der Waals surface area contributed by atoms with Gasteiger partial charge < -0.3 is 50.9 Å². The summed E-state index contributed by atoms with van der Waals surface area (Å²) in [5, 5.41) is 26.6. The number of fused-ring (bicyclic) bond motifs is 1. The molecule has 1 saturated heterocycles. The molecule has 1 aliphatic heterocycles. The molecule has 27 heteroatoms. The molecule has 0 spiro atoms. The summed E-state index contributed by atoms with van der Waals surface area (Å²) < 4.78 is 52.7. The number of nitrogens with two attached hydrogens (primary N) is 1. The number of rotatable bonds is 17. The van der Waals surface area contributed by atoms with Crippen LogP contribution in [0.15, 0.2) is 12.7 Å². The van der Waals surface area contributed by atoms with E-state index in [1.165, 1.54) is 10.9 Å². The van der Waals surface area contributed by atoms with E-state index in [9.17, 15) is 38.5 Å². The van der Waals surface area contributed by atoms with Gasteiger partial charge in [0.15, 0.2) is 23.2 Å². The maximum Gasteiger partial charge on any atom is 0.490 e. The molecule has 2 unspecified atom stereocenters. The summed E-state index contributed by atoms with van der Waals surface area (Å²) in [6.07, 6.45) is -0.218. The first kappa shape index (κ1) is 44.9. The Hall–Kier alpha value is -0.138. The molecule has 0 saturated carbocycles. The van der Waals surface area contributed by atoms with E-state index in [0.29, 0.717) is 13.1 Å². The molecule has 3 rings (SSSR count). The number of aliphatic hydroxyl groups excluding tert-OH is 2. The van der Waals surface area contributed by atoms with Crippen molar-refractivity contribution in [3.8, 4) is 0 Å². The zero-order chi connectivity index (χ0) is 31.1. The smallest absolute Gasteiger partial charge is 0.387 e. The van der Waals surface area contributed by atoms with E-state index < -0.39 is 54.6 Å². The van der Waals surface area contributed by atoms with Crippen LogP contribution in [-0.2, 0) is 36.4 Å². The van der Waals surface area contributed by atoms with Gasteiger partial charge in [0, 0.05) is 63.1 Å². The van der Waals surface area contributed by atoms with Crippen molar-refractivity contribution in [3.63, 3.8) is 0 Å². The number of imidazole rings is 1. The van der Waals surface area contributed by atoms with Crippen LogP contribution in [0.1, 0.15) is 31.9 Å². The molecule has 1 aliphatic rings. The summed E-state index contributed by atoms with van der Waals surface area (Å²) in [7, 11) is -16.8. The Bertz CT molecular complexity index is 1370. The number of carbonyl (C=O) groups excluding carboxylic acids is 1. The molecule has 3 heterocycles. The Morgan fingerprint density at radius 3 is 2.27 bits per heavy atom. The predicted octanol–water partition coefficient (Wildman–Crippen LogP) is -2.31. The Morgan fingerprint density at radius 1 is 0.956 bits per heavy atom. The molecule has 2 aromatic heterocycles. The van der Waals surface area contributed by atoms with Crippen LogP contribution in [0.4, 0.5) is 5.82 Å². The molecule has 6 atom stereocenters. The summed E-state index contributed by atoms with van der Waals surface area (Å²) in [5.41, 5.74) is 5.76. The molecule has 0 bridgehead atoms. The minimum atomic E-state index is -5.75. The second-order valence-electron chi connectivity index (χ2n) is 8.89. The summed E-state index contributed by atoms with van der Waals surface area (Å²) in [4.78, 5) is 60.5. The third-order valence-corrected chi connectivity index (χ3v) is 9.46. The van der Waals surface area contributed by atoms with E-state index in [1.54, 1.807) is 0 Å². The number of phosphoric ester groups is 1. The number of hydrogen-bond donors (Lipinski definition) is 9. The fraction of sp³-hybridized carbons (Fsp3) is 0.667. The Kier molecular flexibility index (Phi) is 19.7. The van der Waals surface area contributed by atoms with Crippen LogP contribution in [0.2, 0.25) is 0 Å². The average Bonchev–Trinajstić information content (AvgIpc) is 3.42. The number of nitrogens with one attached hydrogen (secondary N) is 2. The van der Waals surface area contributed by atoms with Gasteiger partial charge in [0.05, 0.1) is 19.5 Å². The first-order chi connectivity index (χ1) is 19.6. The maximum atomic E-state index is 12.2. The maximum absolute atomic E-state index is 12.2. The number of aromatic nitrogens is 4. The number of anilines is 1. The number of carbonyl (C=O) groups is 1. The number of ether oxygens (including phenoxy) is 1. The van der Waals surface area contributed by atoms with Gasteiger partial charge in [0.1, 0.15) is 24.6 Å². The molecule has 3 radical (unpaired) electrons. The number of aliphatic hydroxyl groups is 2. The summed E-state index contributed by atoms with van der Waals surface area (Å²) in [6, 6.07) is 0. The van der Waals surface area contributed by atoms with Crippen molar-refractivity contribution in [1.82, 2.24) is 24.8 Å². The van der Waals surface area contributed by atoms with E-state index in [1.807, 2.05) is 0 Å².